The topological polar surface area (TPSA) is 33.7 Å². The number of fused-ring (bicyclic) bond motifs is 1. The van der Waals surface area contributed by atoms with E-state index in [1.54, 1.807) is 7.11 Å². The summed E-state index contributed by atoms with van der Waals surface area (Å²) in [6, 6.07) is 6.41. The molecule has 0 aliphatic carbocycles. The van der Waals surface area contributed by atoms with Crippen LogP contribution in [0.1, 0.15) is 37.3 Å². The summed E-state index contributed by atoms with van der Waals surface area (Å²) < 4.78 is 11.0. The van der Waals surface area contributed by atoms with Gasteiger partial charge in [-0.2, -0.15) is 0 Å². The Balaban J connectivity index is 1.76. The number of nitrogens with one attached hydrogen (secondary N) is 1. The predicted molar refractivity (Wildman–Crippen MR) is 74.4 cm³/mol. The maximum atomic E-state index is 5.73. The zero-order valence-corrected chi connectivity index (χ0v) is 11.5. The van der Waals surface area contributed by atoms with Gasteiger partial charge in [0.25, 0.3) is 0 Å². The van der Waals surface area contributed by atoms with E-state index in [0.29, 0.717) is 6.04 Å². The van der Waals surface area contributed by atoms with Crippen LogP contribution in [-0.4, -0.2) is 31.8 Å². The van der Waals surface area contributed by atoms with Crippen LogP contribution in [0.4, 0.5) is 0 Å². The number of rotatable bonds is 3. The summed E-state index contributed by atoms with van der Waals surface area (Å²) >= 11 is 0. The molecule has 0 spiro atoms. The van der Waals surface area contributed by atoms with Gasteiger partial charge in [-0.3, -0.25) is 0 Å². The van der Waals surface area contributed by atoms with Crippen molar-refractivity contribution in [1.82, 2.24) is 10.4 Å². The Hall–Kier alpha value is -1.26. The van der Waals surface area contributed by atoms with Gasteiger partial charge < -0.3 is 9.47 Å². The van der Waals surface area contributed by atoms with Crippen LogP contribution in [0.2, 0.25) is 0 Å². The highest BCUT2D eigenvalue weighted by atomic mass is 16.5. The van der Waals surface area contributed by atoms with E-state index in [4.69, 9.17) is 9.47 Å². The van der Waals surface area contributed by atoms with Crippen LogP contribution in [0.5, 0.6) is 11.5 Å². The highest BCUT2D eigenvalue weighted by Crippen LogP contribution is 2.35. The number of hydrogen-bond acceptors (Lipinski definition) is 4. The standard InChI is InChI=1S/C15H22N2O2/c1-18-12-5-6-15-13(11-12)14(7-10-19-15)16-17-8-3-2-4-9-17/h5-6,11,14,16H,2-4,7-10H2,1H3. The highest BCUT2D eigenvalue weighted by molar-refractivity contribution is 5.43. The van der Waals surface area contributed by atoms with Gasteiger partial charge in [0.15, 0.2) is 0 Å². The lowest BCUT2D eigenvalue weighted by Crippen LogP contribution is -2.44. The summed E-state index contributed by atoms with van der Waals surface area (Å²) in [6.07, 6.45) is 4.95. The molecule has 4 heteroatoms. The number of methoxy groups -OCH3 is 1. The lowest BCUT2D eigenvalue weighted by molar-refractivity contribution is 0.109. The monoisotopic (exact) mass is 262 g/mol. The van der Waals surface area contributed by atoms with E-state index in [1.807, 2.05) is 12.1 Å². The van der Waals surface area contributed by atoms with E-state index in [2.05, 4.69) is 16.5 Å². The van der Waals surface area contributed by atoms with Crippen LogP contribution in [0.25, 0.3) is 0 Å². The molecule has 4 nitrogen and oxygen atoms in total. The van der Waals surface area contributed by atoms with Gasteiger partial charge in [-0.1, -0.05) is 6.42 Å². The van der Waals surface area contributed by atoms with E-state index in [0.717, 1.165) is 37.6 Å². The lowest BCUT2D eigenvalue weighted by Gasteiger charge is -2.34. The average Bonchev–Trinajstić information content (AvgIpc) is 2.48. The molecule has 0 bridgehead atoms. The van der Waals surface area contributed by atoms with E-state index in [-0.39, 0.29) is 0 Å². The van der Waals surface area contributed by atoms with E-state index < -0.39 is 0 Å². The zero-order valence-electron chi connectivity index (χ0n) is 11.5. The first-order valence-corrected chi connectivity index (χ1v) is 7.18. The van der Waals surface area contributed by atoms with Crippen LogP contribution in [0.15, 0.2) is 18.2 Å². The summed E-state index contributed by atoms with van der Waals surface area (Å²) in [4.78, 5) is 0. The average molecular weight is 262 g/mol. The second-order valence-electron chi connectivity index (χ2n) is 5.27. The third-order valence-electron chi connectivity index (χ3n) is 3.95. The predicted octanol–water partition coefficient (Wildman–Crippen LogP) is 2.51. The number of hydrogen-bond donors (Lipinski definition) is 1. The van der Waals surface area contributed by atoms with E-state index in [9.17, 15) is 0 Å². The van der Waals surface area contributed by atoms with Crippen molar-refractivity contribution >= 4 is 0 Å². The van der Waals surface area contributed by atoms with Gasteiger partial charge in [-0.15, -0.1) is 0 Å². The minimum atomic E-state index is 0.344. The molecular weight excluding hydrogens is 240 g/mol. The Morgan fingerprint density at radius 3 is 2.89 bits per heavy atom. The molecule has 1 saturated heterocycles. The van der Waals surface area contributed by atoms with Crippen LogP contribution in [0.3, 0.4) is 0 Å². The normalized spacial score (nSPS) is 23.5. The summed E-state index contributed by atoms with van der Waals surface area (Å²) in [6.45, 7) is 3.08. The fraction of sp³-hybridized carbons (Fsp3) is 0.600. The molecular formula is C15H22N2O2. The smallest absolute Gasteiger partial charge is 0.124 e. The summed E-state index contributed by atoms with van der Waals surface area (Å²) in [5, 5.41) is 2.36. The summed E-state index contributed by atoms with van der Waals surface area (Å²) in [5.41, 5.74) is 4.88. The molecule has 1 fully saturated rings. The van der Waals surface area contributed by atoms with Gasteiger partial charge in [-0.25, -0.2) is 10.4 Å². The molecule has 1 N–H and O–H groups in total. The van der Waals surface area contributed by atoms with Crippen molar-refractivity contribution in [2.45, 2.75) is 31.7 Å². The molecule has 0 aromatic heterocycles. The molecule has 2 aliphatic rings. The summed E-state index contributed by atoms with van der Waals surface area (Å²) in [7, 11) is 1.71. The van der Waals surface area contributed by atoms with Crippen LogP contribution in [0, 0.1) is 0 Å². The third kappa shape index (κ3) is 2.85. The Labute approximate surface area is 114 Å². The molecule has 0 radical (unpaired) electrons. The van der Waals surface area contributed by atoms with Crippen molar-refractivity contribution in [2.75, 3.05) is 26.8 Å². The molecule has 1 unspecified atom stereocenters. The van der Waals surface area contributed by atoms with Crippen molar-refractivity contribution < 1.29 is 9.47 Å². The minimum absolute atomic E-state index is 0.344. The van der Waals surface area contributed by atoms with Gasteiger partial charge in [0.2, 0.25) is 0 Å². The van der Waals surface area contributed by atoms with Crippen LogP contribution in [-0.2, 0) is 0 Å². The molecule has 1 atom stereocenters. The molecule has 1 aromatic carbocycles. The highest BCUT2D eigenvalue weighted by Gasteiger charge is 2.24. The Bertz CT molecular complexity index is 430. The largest absolute Gasteiger partial charge is 0.497 e. The number of ether oxygens (including phenoxy) is 2. The zero-order chi connectivity index (χ0) is 13.1. The second kappa shape index (κ2) is 5.80. The number of hydrazine groups is 1. The lowest BCUT2D eigenvalue weighted by atomic mass is 10.0. The fourth-order valence-electron chi connectivity index (χ4n) is 2.88. The van der Waals surface area contributed by atoms with E-state index in [1.165, 1.54) is 24.8 Å². The van der Waals surface area contributed by atoms with Crippen molar-refractivity contribution in [3.05, 3.63) is 23.8 Å². The van der Waals surface area contributed by atoms with Crippen LogP contribution < -0.4 is 14.9 Å². The first-order chi connectivity index (χ1) is 9.36. The Morgan fingerprint density at radius 1 is 1.26 bits per heavy atom. The maximum Gasteiger partial charge on any atom is 0.124 e. The Morgan fingerprint density at radius 2 is 2.11 bits per heavy atom. The van der Waals surface area contributed by atoms with Gasteiger partial charge in [0.05, 0.1) is 19.8 Å². The Kier molecular flexibility index (Phi) is 3.89. The van der Waals surface area contributed by atoms with Gasteiger partial charge in [-0.05, 0) is 31.0 Å². The van der Waals surface area contributed by atoms with E-state index >= 15 is 0 Å². The SMILES string of the molecule is COc1ccc2c(c1)C(NN1CCCCC1)CCO2. The molecule has 0 saturated carbocycles. The molecule has 19 heavy (non-hydrogen) atoms. The first-order valence-electron chi connectivity index (χ1n) is 7.18. The van der Waals surface area contributed by atoms with Gasteiger partial charge in [0, 0.05) is 25.1 Å². The van der Waals surface area contributed by atoms with Crippen molar-refractivity contribution in [2.24, 2.45) is 0 Å². The summed E-state index contributed by atoms with van der Waals surface area (Å²) in [5.74, 6) is 1.89. The molecule has 3 rings (SSSR count). The molecule has 2 heterocycles. The van der Waals surface area contributed by atoms with Crippen molar-refractivity contribution in [3.8, 4) is 11.5 Å². The fourth-order valence-corrected chi connectivity index (χ4v) is 2.88. The van der Waals surface area contributed by atoms with Crippen molar-refractivity contribution in [3.63, 3.8) is 0 Å². The maximum absolute atomic E-state index is 5.73. The molecule has 2 aliphatic heterocycles. The molecule has 104 valence electrons. The van der Waals surface area contributed by atoms with Crippen LogP contribution >= 0.6 is 0 Å². The van der Waals surface area contributed by atoms with Gasteiger partial charge in [0.1, 0.15) is 11.5 Å². The number of piperidine rings is 1. The minimum Gasteiger partial charge on any atom is -0.497 e. The second-order valence-corrected chi connectivity index (χ2v) is 5.27. The number of benzene rings is 1. The quantitative estimate of drug-likeness (QED) is 0.907. The van der Waals surface area contributed by atoms with Crippen molar-refractivity contribution in [1.29, 1.82) is 0 Å². The first kappa shape index (κ1) is 12.8. The van der Waals surface area contributed by atoms with Gasteiger partial charge >= 0.3 is 0 Å². The number of nitrogens with zero attached hydrogens (tertiary/aromatic N) is 1. The molecule has 1 aromatic rings. The third-order valence-corrected chi connectivity index (χ3v) is 3.95. The molecule has 0 amide bonds.